The summed E-state index contributed by atoms with van der Waals surface area (Å²) in [5.41, 5.74) is -0.737. The van der Waals surface area contributed by atoms with E-state index in [-0.39, 0.29) is 17.9 Å². The zero-order chi connectivity index (χ0) is 15.4. The summed E-state index contributed by atoms with van der Waals surface area (Å²) < 4.78 is 5.24. The third-order valence-corrected chi connectivity index (χ3v) is 3.91. The average Bonchev–Trinajstić information content (AvgIpc) is 2.25. The van der Waals surface area contributed by atoms with Crippen LogP contribution in [0.4, 0.5) is 4.79 Å². The number of carboxylic acids is 1. The lowest BCUT2D eigenvalue weighted by Gasteiger charge is -2.40. The van der Waals surface area contributed by atoms with Crippen LogP contribution in [-0.2, 0) is 9.53 Å². The molecule has 1 aliphatic rings. The van der Waals surface area contributed by atoms with Crippen LogP contribution >= 0.6 is 0 Å². The number of carbonyl (C=O) groups is 2. The standard InChI is InChI=1S/C15H27NO4/c1-14(2,3)20-13(19)16-11(10-12(17)18)15(4)8-6-5-7-9-15/h11H,5-10H2,1-4H3,(H,16,19)(H,17,18). The molecule has 20 heavy (non-hydrogen) atoms. The molecule has 0 aromatic rings. The number of aliphatic carboxylic acids is 1. The predicted octanol–water partition coefficient (Wildman–Crippen LogP) is 3.32. The lowest BCUT2D eigenvalue weighted by Crippen LogP contribution is -2.49. The van der Waals surface area contributed by atoms with E-state index in [1.54, 1.807) is 20.8 Å². The summed E-state index contributed by atoms with van der Waals surface area (Å²) in [4.78, 5) is 23.0. The molecule has 0 bridgehead atoms. The molecule has 1 saturated carbocycles. The van der Waals surface area contributed by atoms with Crippen molar-refractivity contribution in [2.24, 2.45) is 5.41 Å². The molecule has 0 aliphatic heterocycles. The minimum absolute atomic E-state index is 0.0598. The van der Waals surface area contributed by atoms with Crippen molar-refractivity contribution in [2.75, 3.05) is 0 Å². The van der Waals surface area contributed by atoms with Crippen molar-refractivity contribution >= 4 is 12.1 Å². The molecule has 0 heterocycles. The van der Waals surface area contributed by atoms with E-state index in [1.807, 2.05) is 0 Å². The van der Waals surface area contributed by atoms with Gasteiger partial charge in [-0.2, -0.15) is 0 Å². The highest BCUT2D eigenvalue weighted by atomic mass is 16.6. The van der Waals surface area contributed by atoms with Crippen LogP contribution in [0, 0.1) is 5.41 Å². The zero-order valence-electron chi connectivity index (χ0n) is 13.0. The number of alkyl carbamates (subject to hydrolysis) is 1. The second kappa shape index (κ2) is 6.46. The van der Waals surface area contributed by atoms with Crippen molar-refractivity contribution in [1.29, 1.82) is 0 Å². The van der Waals surface area contributed by atoms with Gasteiger partial charge in [-0.1, -0.05) is 26.2 Å². The highest BCUT2D eigenvalue weighted by molar-refractivity contribution is 5.71. The fourth-order valence-corrected chi connectivity index (χ4v) is 2.80. The van der Waals surface area contributed by atoms with Gasteiger partial charge in [0.2, 0.25) is 0 Å². The first-order valence-electron chi connectivity index (χ1n) is 7.34. The quantitative estimate of drug-likeness (QED) is 0.830. The van der Waals surface area contributed by atoms with Gasteiger partial charge >= 0.3 is 12.1 Å². The second-order valence-corrected chi connectivity index (χ2v) is 7.01. The van der Waals surface area contributed by atoms with Crippen LogP contribution in [0.25, 0.3) is 0 Å². The van der Waals surface area contributed by atoms with Crippen LogP contribution < -0.4 is 5.32 Å². The van der Waals surface area contributed by atoms with Crippen molar-refractivity contribution < 1.29 is 19.4 Å². The number of rotatable bonds is 4. The van der Waals surface area contributed by atoms with Gasteiger partial charge in [0.15, 0.2) is 0 Å². The maximum absolute atomic E-state index is 11.9. The summed E-state index contributed by atoms with van der Waals surface area (Å²) in [5, 5.41) is 11.9. The highest BCUT2D eigenvalue weighted by Gasteiger charge is 2.38. The largest absolute Gasteiger partial charge is 0.481 e. The van der Waals surface area contributed by atoms with Crippen molar-refractivity contribution in [3.8, 4) is 0 Å². The van der Waals surface area contributed by atoms with Crippen LogP contribution in [-0.4, -0.2) is 28.8 Å². The molecule has 1 fully saturated rings. The number of carbonyl (C=O) groups excluding carboxylic acids is 1. The first-order valence-corrected chi connectivity index (χ1v) is 7.34. The lowest BCUT2D eigenvalue weighted by molar-refractivity contribution is -0.138. The molecule has 0 radical (unpaired) electrons. The maximum Gasteiger partial charge on any atom is 0.407 e. The molecule has 5 nitrogen and oxygen atoms in total. The van der Waals surface area contributed by atoms with Crippen molar-refractivity contribution in [3.63, 3.8) is 0 Å². The lowest BCUT2D eigenvalue weighted by atomic mass is 9.69. The van der Waals surface area contributed by atoms with Gasteiger partial charge in [0.1, 0.15) is 5.60 Å². The molecule has 5 heteroatoms. The molecule has 1 rings (SSSR count). The van der Waals surface area contributed by atoms with Crippen LogP contribution in [0.15, 0.2) is 0 Å². The monoisotopic (exact) mass is 285 g/mol. The predicted molar refractivity (Wildman–Crippen MR) is 76.6 cm³/mol. The highest BCUT2D eigenvalue weighted by Crippen LogP contribution is 2.40. The summed E-state index contributed by atoms with van der Waals surface area (Å²) in [5.74, 6) is -0.891. The van der Waals surface area contributed by atoms with Gasteiger partial charge in [0, 0.05) is 6.04 Å². The average molecular weight is 285 g/mol. The van der Waals surface area contributed by atoms with Gasteiger partial charge in [-0.15, -0.1) is 0 Å². The summed E-state index contributed by atoms with van der Waals surface area (Å²) >= 11 is 0. The van der Waals surface area contributed by atoms with Gasteiger partial charge in [-0.3, -0.25) is 4.79 Å². The third kappa shape index (κ3) is 5.39. The molecule has 2 N–H and O–H groups in total. The molecule has 1 unspecified atom stereocenters. The molecular weight excluding hydrogens is 258 g/mol. The first-order chi connectivity index (χ1) is 9.12. The number of carboxylic acid groups (broad SMARTS) is 1. The summed E-state index contributed by atoms with van der Waals surface area (Å²) in [6.45, 7) is 7.44. The number of hydrogen-bond donors (Lipinski definition) is 2. The van der Waals surface area contributed by atoms with E-state index in [0.29, 0.717) is 0 Å². The topological polar surface area (TPSA) is 75.6 Å². The van der Waals surface area contributed by atoms with Gasteiger partial charge in [0.25, 0.3) is 0 Å². The van der Waals surface area contributed by atoms with E-state index in [0.717, 1.165) is 25.7 Å². The minimum Gasteiger partial charge on any atom is -0.481 e. The summed E-state index contributed by atoms with van der Waals surface area (Å²) in [6, 6.07) is -0.379. The Morgan fingerprint density at radius 1 is 1.25 bits per heavy atom. The number of ether oxygens (including phenoxy) is 1. The Morgan fingerprint density at radius 2 is 1.80 bits per heavy atom. The van der Waals surface area contributed by atoms with E-state index in [1.165, 1.54) is 6.42 Å². The molecule has 0 aromatic heterocycles. The minimum atomic E-state index is -0.891. The fraction of sp³-hybridized carbons (Fsp3) is 0.867. The van der Waals surface area contributed by atoms with E-state index in [2.05, 4.69) is 12.2 Å². The van der Waals surface area contributed by atoms with E-state index in [4.69, 9.17) is 9.84 Å². The van der Waals surface area contributed by atoms with Crippen LogP contribution in [0.2, 0.25) is 0 Å². The van der Waals surface area contributed by atoms with Crippen LogP contribution in [0.5, 0.6) is 0 Å². The molecule has 1 amide bonds. The van der Waals surface area contributed by atoms with Crippen molar-refractivity contribution in [3.05, 3.63) is 0 Å². The fourth-order valence-electron chi connectivity index (χ4n) is 2.80. The van der Waals surface area contributed by atoms with Gasteiger partial charge in [0.05, 0.1) is 6.42 Å². The van der Waals surface area contributed by atoms with Crippen molar-refractivity contribution in [2.45, 2.75) is 77.9 Å². The van der Waals surface area contributed by atoms with E-state index >= 15 is 0 Å². The Labute approximate surface area is 121 Å². The normalized spacial score (nSPS) is 20.0. The number of amides is 1. The van der Waals surface area contributed by atoms with Crippen LogP contribution in [0.1, 0.15) is 66.2 Å². The molecule has 1 aliphatic carbocycles. The maximum atomic E-state index is 11.9. The van der Waals surface area contributed by atoms with Crippen LogP contribution in [0.3, 0.4) is 0 Å². The Hall–Kier alpha value is -1.26. The van der Waals surface area contributed by atoms with Gasteiger partial charge in [-0.25, -0.2) is 4.79 Å². The molecule has 0 saturated heterocycles. The smallest absolute Gasteiger partial charge is 0.407 e. The van der Waals surface area contributed by atoms with E-state index < -0.39 is 17.7 Å². The summed E-state index contributed by atoms with van der Waals surface area (Å²) in [6.07, 6.45) is 4.65. The molecular formula is C15H27NO4. The zero-order valence-corrected chi connectivity index (χ0v) is 13.0. The van der Waals surface area contributed by atoms with E-state index in [9.17, 15) is 9.59 Å². The third-order valence-electron chi connectivity index (χ3n) is 3.91. The Bertz CT molecular complexity index is 353. The second-order valence-electron chi connectivity index (χ2n) is 7.01. The molecule has 0 spiro atoms. The SMILES string of the molecule is CC(C)(C)OC(=O)NC(CC(=O)O)C1(C)CCCCC1. The van der Waals surface area contributed by atoms with Gasteiger partial charge in [-0.05, 0) is 39.0 Å². The number of hydrogen-bond acceptors (Lipinski definition) is 3. The number of nitrogens with one attached hydrogen (secondary N) is 1. The Balaban J connectivity index is 2.73. The molecule has 116 valence electrons. The summed E-state index contributed by atoms with van der Waals surface area (Å²) in [7, 11) is 0. The van der Waals surface area contributed by atoms with Crippen molar-refractivity contribution in [1.82, 2.24) is 5.32 Å². The first kappa shape index (κ1) is 16.8. The van der Waals surface area contributed by atoms with Gasteiger partial charge < -0.3 is 15.2 Å². The molecule has 0 aromatic carbocycles. The molecule has 1 atom stereocenters. The Morgan fingerprint density at radius 3 is 2.25 bits per heavy atom. The Kier molecular flexibility index (Phi) is 5.42.